The van der Waals surface area contributed by atoms with Gasteiger partial charge in [-0.05, 0) is 6.07 Å². The van der Waals surface area contributed by atoms with Gasteiger partial charge in [-0.3, -0.25) is 14.9 Å². The van der Waals surface area contributed by atoms with Gasteiger partial charge in [-0.2, -0.15) is 13.2 Å². The van der Waals surface area contributed by atoms with Crippen LogP contribution in [0, 0.1) is 15.9 Å². The third-order valence-corrected chi connectivity index (χ3v) is 2.42. The molecule has 6 nitrogen and oxygen atoms in total. The number of alkyl halides is 3. The summed E-state index contributed by atoms with van der Waals surface area (Å²) in [5.41, 5.74) is -1.37. The Balaban J connectivity index is 3.06. The molecule has 10 heteroatoms. The zero-order valence-electron chi connectivity index (χ0n) is 10.4. The molecule has 0 atom stereocenters. The maximum atomic E-state index is 13.6. The average Bonchev–Trinajstić information content (AvgIpc) is 2.35. The second-order valence-electron chi connectivity index (χ2n) is 3.99. The average molecular weight is 310 g/mol. The van der Waals surface area contributed by atoms with Crippen molar-refractivity contribution in [3.63, 3.8) is 0 Å². The van der Waals surface area contributed by atoms with Crippen LogP contribution in [0.2, 0.25) is 0 Å². The Morgan fingerprint density at radius 2 is 2.00 bits per heavy atom. The lowest BCUT2D eigenvalue weighted by Crippen LogP contribution is -2.41. The number of hydrogen-bond acceptors (Lipinski definition) is 4. The standard InChI is InChI=1S/C11H10F4N2O4/c12-9-5-7(17(20)21)1-2-8(9)10(19)16(3-4-18)6-11(13,14)15/h1-2,5,18H,3-4,6H2. The number of hydrogen-bond donors (Lipinski definition) is 1. The summed E-state index contributed by atoms with van der Waals surface area (Å²) >= 11 is 0. The number of aliphatic hydroxyl groups excluding tert-OH is 1. The SMILES string of the molecule is O=C(c1ccc([N+](=O)[O-])cc1F)N(CCO)CC(F)(F)F. The summed E-state index contributed by atoms with van der Waals surface area (Å²) in [7, 11) is 0. The van der Waals surface area contributed by atoms with E-state index in [1.165, 1.54) is 0 Å². The Morgan fingerprint density at radius 1 is 1.38 bits per heavy atom. The van der Waals surface area contributed by atoms with E-state index in [0.717, 1.165) is 12.1 Å². The third kappa shape index (κ3) is 4.67. The van der Waals surface area contributed by atoms with E-state index in [-0.39, 0.29) is 4.90 Å². The van der Waals surface area contributed by atoms with Gasteiger partial charge in [0.15, 0.2) is 0 Å². The molecule has 0 saturated carbocycles. The summed E-state index contributed by atoms with van der Waals surface area (Å²) in [4.78, 5) is 21.5. The quantitative estimate of drug-likeness (QED) is 0.510. The molecule has 0 unspecified atom stereocenters. The van der Waals surface area contributed by atoms with Crippen LogP contribution in [0.3, 0.4) is 0 Å². The number of benzene rings is 1. The normalized spacial score (nSPS) is 11.3. The maximum absolute atomic E-state index is 13.6. The molecule has 1 N–H and O–H groups in total. The maximum Gasteiger partial charge on any atom is 0.406 e. The molecule has 21 heavy (non-hydrogen) atoms. The summed E-state index contributed by atoms with van der Waals surface area (Å²) in [6, 6.07) is 1.98. The van der Waals surface area contributed by atoms with Gasteiger partial charge in [0.05, 0.1) is 23.2 Å². The van der Waals surface area contributed by atoms with Gasteiger partial charge in [-0.1, -0.05) is 0 Å². The van der Waals surface area contributed by atoms with Gasteiger partial charge in [0.2, 0.25) is 0 Å². The van der Waals surface area contributed by atoms with Crippen LogP contribution >= 0.6 is 0 Å². The molecule has 0 radical (unpaired) electrons. The monoisotopic (exact) mass is 310 g/mol. The molecule has 116 valence electrons. The molecule has 0 heterocycles. The Kier molecular flexibility index (Phi) is 5.19. The van der Waals surface area contributed by atoms with Crippen LogP contribution in [-0.2, 0) is 0 Å². The number of aliphatic hydroxyl groups is 1. The number of carbonyl (C=O) groups excluding carboxylic acids is 1. The summed E-state index contributed by atoms with van der Waals surface area (Å²) < 4.78 is 50.5. The number of amides is 1. The molecule has 0 aromatic heterocycles. The molecule has 1 aromatic rings. The number of nitro benzene ring substituents is 1. The van der Waals surface area contributed by atoms with Gasteiger partial charge in [0.25, 0.3) is 11.6 Å². The van der Waals surface area contributed by atoms with Crippen LogP contribution in [0.4, 0.5) is 23.2 Å². The number of nitro groups is 1. The van der Waals surface area contributed by atoms with Crippen LogP contribution < -0.4 is 0 Å². The van der Waals surface area contributed by atoms with Crippen molar-refractivity contribution in [2.75, 3.05) is 19.7 Å². The molecule has 0 aliphatic rings. The van der Waals surface area contributed by atoms with Crippen LogP contribution in [0.5, 0.6) is 0 Å². The van der Waals surface area contributed by atoms with Crippen molar-refractivity contribution in [2.45, 2.75) is 6.18 Å². The lowest BCUT2D eigenvalue weighted by molar-refractivity contribution is -0.385. The first-order valence-corrected chi connectivity index (χ1v) is 5.56. The lowest BCUT2D eigenvalue weighted by atomic mass is 10.1. The van der Waals surface area contributed by atoms with Crippen LogP contribution in [-0.4, -0.2) is 46.7 Å². The molecule has 1 rings (SSSR count). The minimum absolute atomic E-state index is 0.213. The fraction of sp³-hybridized carbons (Fsp3) is 0.364. The molecule has 0 fully saturated rings. The Morgan fingerprint density at radius 3 is 2.43 bits per heavy atom. The number of nitrogens with zero attached hydrogens (tertiary/aromatic N) is 2. The Hall–Kier alpha value is -2.23. The highest BCUT2D eigenvalue weighted by molar-refractivity contribution is 5.94. The highest BCUT2D eigenvalue weighted by Crippen LogP contribution is 2.21. The van der Waals surface area contributed by atoms with Crippen molar-refractivity contribution < 1.29 is 32.4 Å². The summed E-state index contributed by atoms with van der Waals surface area (Å²) in [5, 5.41) is 19.1. The highest BCUT2D eigenvalue weighted by Gasteiger charge is 2.34. The van der Waals surface area contributed by atoms with E-state index < -0.39 is 53.8 Å². The second kappa shape index (κ2) is 6.48. The summed E-state index contributed by atoms with van der Waals surface area (Å²) in [6.45, 7) is -3.05. The van der Waals surface area contributed by atoms with Crippen LogP contribution in [0.1, 0.15) is 10.4 Å². The van der Waals surface area contributed by atoms with Crippen molar-refractivity contribution in [3.8, 4) is 0 Å². The van der Waals surface area contributed by atoms with Crippen molar-refractivity contribution in [3.05, 3.63) is 39.7 Å². The molecule has 0 saturated heterocycles. The van der Waals surface area contributed by atoms with E-state index in [1.807, 2.05) is 0 Å². The fourth-order valence-electron chi connectivity index (χ4n) is 1.55. The van der Waals surface area contributed by atoms with E-state index in [0.29, 0.717) is 6.07 Å². The van der Waals surface area contributed by atoms with Gasteiger partial charge in [-0.25, -0.2) is 4.39 Å². The van der Waals surface area contributed by atoms with E-state index in [1.54, 1.807) is 0 Å². The predicted molar refractivity (Wildman–Crippen MR) is 62.1 cm³/mol. The van der Waals surface area contributed by atoms with Gasteiger partial charge < -0.3 is 10.0 Å². The minimum atomic E-state index is -4.72. The number of non-ortho nitro benzene ring substituents is 1. The topological polar surface area (TPSA) is 83.7 Å². The first-order chi connectivity index (χ1) is 9.65. The zero-order chi connectivity index (χ0) is 16.2. The molecule has 1 amide bonds. The Bertz CT molecular complexity index is 548. The van der Waals surface area contributed by atoms with E-state index >= 15 is 0 Å². The Labute approximate surface area is 115 Å². The molecular formula is C11H10F4N2O4. The van der Waals surface area contributed by atoms with Gasteiger partial charge in [0, 0.05) is 12.6 Å². The summed E-state index contributed by atoms with van der Waals surface area (Å²) in [5.74, 6) is -2.62. The van der Waals surface area contributed by atoms with Crippen molar-refractivity contribution >= 4 is 11.6 Å². The highest BCUT2D eigenvalue weighted by atomic mass is 19.4. The smallest absolute Gasteiger partial charge is 0.395 e. The van der Waals surface area contributed by atoms with E-state index in [9.17, 15) is 32.5 Å². The second-order valence-corrected chi connectivity index (χ2v) is 3.99. The molecular weight excluding hydrogens is 300 g/mol. The molecule has 0 aliphatic heterocycles. The first kappa shape index (κ1) is 16.8. The van der Waals surface area contributed by atoms with Crippen LogP contribution in [0.15, 0.2) is 18.2 Å². The molecule has 0 aliphatic carbocycles. The number of halogens is 4. The lowest BCUT2D eigenvalue weighted by Gasteiger charge is -2.23. The van der Waals surface area contributed by atoms with E-state index in [2.05, 4.69) is 0 Å². The minimum Gasteiger partial charge on any atom is -0.395 e. The van der Waals surface area contributed by atoms with Crippen LogP contribution in [0.25, 0.3) is 0 Å². The fourth-order valence-corrected chi connectivity index (χ4v) is 1.55. The van der Waals surface area contributed by atoms with Gasteiger partial charge in [0.1, 0.15) is 12.4 Å². The largest absolute Gasteiger partial charge is 0.406 e. The molecule has 0 spiro atoms. The number of rotatable bonds is 5. The van der Waals surface area contributed by atoms with Crippen molar-refractivity contribution in [2.24, 2.45) is 0 Å². The van der Waals surface area contributed by atoms with Gasteiger partial charge in [-0.15, -0.1) is 0 Å². The third-order valence-electron chi connectivity index (χ3n) is 2.42. The number of carbonyl (C=O) groups is 1. The van der Waals surface area contributed by atoms with Crippen molar-refractivity contribution in [1.82, 2.24) is 4.90 Å². The molecule has 0 bridgehead atoms. The van der Waals surface area contributed by atoms with E-state index in [4.69, 9.17) is 5.11 Å². The van der Waals surface area contributed by atoms with Gasteiger partial charge >= 0.3 is 6.18 Å². The zero-order valence-corrected chi connectivity index (χ0v) is 10.4. The molecule has 1 aromatic carbocycles. The first-order valence-electron chi connectivity index (χ1n) is 5.56. The summed E-state index contributed by atoms with van der Waals surface area (Å²) in [6.07, 6.45) is -4.72. The van der Waals surface area contributed by atoms with Crippen molar-refractivity contribution in [1.29, 1.82) is 0 Å². The predicted octanol–water partition coefficient (Wildman–Crippen LogP) is 1.73.